The molecule has 0 aromatic heterocycles. The van der Waals surface area contributed by atoms with E-state index < -0.39 is 5.60 Å². The third-order valence-electron chi connectivity index (χ3n) is 4.33. The van der Waals surface area contributed by atoms with Gasteiger partial charge in [-0.1, -0.05) is 18.2 Å². The number of nitrogens with one attached hydrogen (secondary N) is 2. The second-order valence-electron chi connectivity index (χ2n) is 7.36. The van der Waals surface area contributed by atoms with Crippen LogP contribution in [0.5, 0.6) is 0 Å². The van der Waals surface area contributed by atoms with E-state index in [1.807, 2.05) is 32.5 Å². The largest absolute Gasteiger partial charge is 0.444 e. The van der Waals surface area contributed by atoms with Gasteiger partial charge in [-0.25, -0.2) is 4.79 Å². The molecule has 1 aromatic rings. The normalized spacial score (nSPS) is 26.8. The number of hydrogen-bond acceptors (Lipinski definition) is 4. The highest BCUT2D eigenvalue weighted by atomic mass is 32.2. The minimum absolute atomic E-state index is 0.155. The number of carbonyl (C=O) groups is 1. The zero-order chi connectivity index (χ0) is 16.4. The molecule has 1 heterocycles. The van der Waals surface area contributed by atoms with Crippen LogP contribution in [0.2, 0.25) is 0 Å². The lowest BCUT2D eigenvalue weighted by molar-refractivity contribution is 0.0497. The molecule has 1 amide bonds. The van der Waals surface area contributed by atoms with Crippen molar-refractivity contribution in [2.24, 2.45) is 0 Å². The summed E-state index contributed by atoms with van der Waals surface area (Å²) in [5.41, 5.74) is 0.938. The molecule has 3 rings (SSSR count). The van der Waals surface area contributed by atoms with Crippen LogP contribution in [0.15, 0.2) is 29.2 Å². The summed E-state index contributed by atoms with van der Waals surface area (Å²) in [6.07, 6.45) is 2.94. The van der Waals surface area contributed by atoms with Crippen molar-refractivity contribution in [2.45, 2.75) is 68.7 Å². The molecule has 1 fully saturated rings. The molecule has 2 aliphatic rings. The molecule has 1 saturated carbocycles. The van der Waals surface area contributed by atoms with E-state index >= 15 is 0 Å². The molecule has 126 valence electrons. The van der Waals surface area contributed by atoms with E-state index in [9.17, 15) is 4.79 Å². The molecule has 2 N–H and O–H groups in total. The van der Waals surface area contributed by atoms with Crippen molar-refractivity contribution in [1.82, 2.24) is 10.6 Å². The van der Waals surface area contributed by atoms with Gasteiger partial charge in [-0.2, -0.15) is 0 Å². The number of hydrogen-bond donors (Lipinski definition) is 2. The van der Waals surface area contributed by atoms with Crippen LogP contribution in [0.3, 0.4) is 0 Å². The van der Waals surface area contributed by atoms with E-state index in [1.165, 1.54) is 10.5 Å². The molecule has 1 aliphatic heterocycles. The van der Waals surface area contributed by atoms with Gasteiger partial charge in [0.15, 0.2) is 0 Å². The van der Waals surface area contributed by atoms with Crippen molar-refractivity contribution < 1.29 is 9.53 Å². The van der Waals surface area contributed by atoms with Crippen LogP contribution in [0, 0.1) is 0 Å². The average molecular weight is 334 g/mol. The van der Waals surface area contributed by atoms with E-state index in [0.717, 1.165) is 25.0 Å². The number of carbonyl (C=O) groups excluding carboxylic acids is 1. The Morgan fingerprint density at radius 2 is 1.96 bits per heavy atom. The lowest BCUT2D eigenvalue weighted by atomic mass is 10.1. The Morgan fingerprint density at radius 3 is 2.74 bits per heavy atom. The van der Waals surface area contributed by atoms with Gasteiger partial charge >= 0.3 is 6.09 Å². The molecular weight excluding hydrogens is 308 g/mol. The summed E-state index contributed by atoms with van der Waals surface area (Å²) < 4.78 is 5.39. The van der Waals surface area contributed by atoms with Crippen LogP contribution in [0.1, 0.15) is 51.6 Å². The lowest BCUT2D eigenvalue weighted by Gasteiger charge is -2.27. The van der Waals surface area contributed by atoms with Crippen molar-refractivity contribution in [1.29, 1.82) is 0 Å². The Hall–Kier alpha value is -1.20. The van der Waals surface area contributed by atoms with Gasteiger partial charge in [0.05, 0.1) is 0 Å². The molecule has 5 heteroatoms. The number of benzene rings is 1. The predicted molar refractivity (Wildman–Crippen MR) is 93.8 cm³/mol. The van der Waals surface area contributed by atoms with Gasteiger partial charge in [-0.05, 0) is 51.7 Å². The second-order valence-corrected chi connectivity index (χ2v) is 8.42. The van der Waals surface area contributed by atoms with E-state index in [2.05, 4.69) is 34.9 Å². The van der Waals surface area contributed by atoms with Crippen molar-refractivity contribution in [3.63, 3.8) is 0 Å². The third kappa shape index (κ3) is 4.21. The van der Waals surface area contributed by atoms with Gasteiger partial charge in [-0.3, -0.25) is 0 Å². The summed E-state index contributed by atoms with van der Waals surface area (Å²) in [7, 11) is 0. The number of alkyl carbamates (subject to hydrolysis) is 1. The van der Waals surface area contributed by atoms with Crippen molar-refractivity contribution >= 4 is 17.9 Å². The quantitative estimate of drug-likeness (QED) is 0.881. The predicted octanol–water partition coefficient (Wildman–Crippen LogP) is 3.87. The Bertz CT molecular complexity index is 570. The topological polar surface area (TPSA) is 50.4 Å². The minimum Gasteiger partial charge on any atom is -0.444 e. The smallest absolute Gasteiger partial charge is 0.407 e. The second kappa shape index (κ2) is 6.73. The Labute approximate surface area is 142 Å². The van der Waals surface area contributed by atoms with Crippen molar-refractivity contribution in [2.75, 3.05) is 5.75 Å². The zero-order valence-electron chi connectivity index (χ0n) is 14.1. The maximum Gasteiger partial charge on any atom is 0.407 e. The maximum atomic E-state index is 12.0. The molecule has 0 spiro atoms. The monoisotopic (exact) mass is 334 g/mol. The number of amides is 1. The first-order chi connectivity index (χ1) is 10.9. The maximum absolute atomic E-state index is 12.0. The fourth-order valence-electron chi connectivity index (χ4n) is 3.35. The Morgan fingerprint density at radius 1 is 1.22 bits per heavy atom. The SMILES string of the molecule is CC(C)(C)OC(=O)NC1CCCC1NC1CSc2ccccc21. The van der Waals surface area contributed by atoms with E-state index in [4.69, 9.17) is 4.74 Å². The van der Waals surface area contributed by atoms with Gasteiger partial charge in [0.1, 0.15) is 5.60 Å². The summed E-state index contributed by atoms with van der Waals surface area (Å²) in [4.78, 5) is 13.4. The Kier molecular flexibility index (Phi) is 4.87. The fraction of sp³-hybridized carbons (Fsp3) is 0.611. The molecule has 1 aliphatic carbocycles. The summed E-state index contributed by atoms with van der Waals surface area (Å²) in [5.74, 6) is 1.06. The number of fused-ring (bicyclic) bond motifs is 1. The highest BCUT2D eigenvalue weighted by molar-refractivity contribution is 7.99. The first-order valence-electron chi connectivity index (χ1n) is 8.40. The minimum atomic E-state index is -0.452. The molecule has 0 radical (unpaired) electrons. The van der Waals surface area contributed by atoms with E-state index in [1.54, 1.807) is 0 Å². The fourth-order valence-corrected chi connectivity index (χ4v) is 4.52. The number of ether oxygens (including phenoxy) is 1. The molecule has 1 aromatic carbocycles. The van der Waals surface area contributed by atoms with Crippen LogP contribution in [-0.2, 0) is 4.74 Å². The lowest BCUT2D eigenvalue weighted by Crippen LogP contribution is -2.49. The molecule has 3 unspecified atom stereocenters. The number of thioether (sulfide) groups is 1. The van der Waals surface area contributed by atoms with Gasteiger partial charge in [-0.15, -0.1) is 11.8 Å². The highest BCUT2D eigenvalue weighted by Gasteiger charge is 2.33. The summed E-state index contributed by atoms with van der Waals surface area (Å²) in [6, 6.07) is 9.44. The molecular formula is C18H26N2O2S. The van der Waals surface area contributed by atoms with Crippen molar-refractivity contribution in [3.05, 3.63) is 29.8 Å². The van der Waals surface area contributed by atoms with Crippen LogP contribution in [-0.4, -0.2) is 29.5 Å². The van der Waals surface area contributed by atoms with Crippen LogP contribution < -0.4 is 10.6 Å². The van der Waals surface area contributed by atoms with Crippen molar-refractivity contribution in [3.8, 4) is 0 Å². The summed E-state index contributed by atoms with van der Waals surface area (Å²) in [5, 5.41) is 6.81. The van der Waals surface area contributed by atoms with Crippen LogP contribution in [0.25, 0.3) is 0 Å². The van der Waals surface area contributed by atoms with Gasteiger partial charge in [0.25, 0.3) is 0 Å². The summed E-state index contributed by atoms with van der Waals surface area (Å²) in [6.45, 7) is 5.68. The third-order valence-corrected chi connectivity index (χ3v) is 5.52. The standard InChI is InChI=1S/C18H26N2O2S/c1-18(2,3)22-17(21)20-14-9-6-8-13(14)19-15-11-23-16-10-5-4-7-12(15)16/h4-5,7,10,13-15,19H,6,8-9,11H2,1-3H3,(H,20,21). The molecule has 3 atom stereocenters. The first-order valence-corrected chi connectivity index (χ1v) is 9.38. The van der Waals surface area contributed by atoms with Crippen LogP contribution >= 0.6 is 11.8 Å². The number of rotatable bonds is 3. The highest BCUT2D eigenvalue weighted by Crippen LogP contribution is 2.38. The summed E-state index contributed by atoms with van der Waals surface area (Å²) >= 11 is 1.91. The Balaban J connectivity index is 1.59. The molecule has 4 nitrogen and oxygen atoms in total. The van der Waals surface area contributed by atoms with Gasteiger partial charge in [0.2, 0.25) is 0 Å². The molecule has 23 heavy (non-hydrogen) atoms. The molecule has 0 bridgehead atoms. The molecule has 0 saturated heterocycles. The van der Waals surface area contributed by atoms with Crippen LogP contribution in [0.4, 0.5) is 4.79 Å². The first kappa shape index (κ1) is 16.7. The van der Waals surface area contributed by atoms with Gasteiger partial charge in [0, 0.05) is 28.8 Å². The van der Waals surface area contributed by atoms with E-state index in [-0.39, 0.29) is 12.1 Å². The zero-order valence-corrected chi connectivity index (χ0v) is 14.9. The van der Waals surface area contributed by atoms with E-state index in [0.29, 0.717) is 12.1 Å². The average Bonchev–Trinajstić information content (AvgIpc) is 3.05. The van der Waals surface area contributed by atoms with Gasteiger partial charge < -0.3 is 15.4 Å².